The molecule has 2 rings (SSSR count). The molecule has 3 N–H and O–H groups in total. The van der Waals surface area contributed by atoms with Gasteiger partial charge in [-0.3, -0.25) is 9.79 Å². The number of amides is 1. The highest BCUT2D eigenvalue weighted by Crippen LogP contribution is 2.07. The number of nitrogens with one attached hydrogen (secondary N) is 3. The van der Waals surface area contributed by atoms with Crippen LogP contribution in [0, 0.1) is 0 Å². The van der Waals surface area contributed by atoms with E-state index in [4.69, 9.17) is 0 Å². The summed E-state index contributed by atoms with van der Waals surface area (Å²) >= 11 is 0. The lowest BCUT2D eigenvalue weighted by Crippen LogP contribution is -2.42. The van der Waals surface area contributed by atoms with Gasteiger partial charge in [-0.1, -0.05) is 31.9 Å². The molecule has 1 heterocycles. The number of likely N-dealkylation sites (tertiary alicyclic amines) is 1. The first-order chi connectivity index (χ1) is 13.2. The maximum absolute atomic E-state index is 12.0. The summed E-state index contributed by atoms with van der Waals surface area (Å²) in [6.07, 6.45) is 6.10. The topological polar surface area (TPSA) is 68.8 Å². The van der Waals surface area contributed by atoms with Gasteiger partial charge in [0.1, 0.15) is 0 Å². The summed E-state index contributed by atoms with van der Waals surface area (Å²) in [7, 11) is 1.79. The van der Waals surface area contributed by atoms with Crippen molar-refractivity contribution in [1.82, 2.24) is 20.9 Å². The zero-order valence-corrected chi connectivity index (χ0v) is 19.6. The van der Waals surface area contributed by atoms with Gasteiger partial charge in [0.15, 0.2) is 5.96 Å². The van der Waals surface area contributed by atoms with Gasteiger partial charge in [0.05, 0.1) is 0 Å². The third-order valence-corrected chi connectivity index (χ3v) is 4.88. The molecule has 0 aromatic heterocycles. The third kappa shape index (κ3) is 9.23. The molecule has 1 saturated heterocycles. The van der Waals surface area contributed by atoms with E-state index in [0.717, 1.165) is 44.0 Å². The summed E-state index contributed by atoms with van der Waals surface area (Å²) in [6.45, 7) is 7.92. The largest absolute Gasteiger partial charge is 0.355 e. The number of unbranched alkanes of at least 4 members (excludes halogenated alkanes) is 1. The number of halogens is 1. The molecule has 0 aliphatic carbocycles. The Morgan fingerprint density at radius 2 is 1.75 bits per heavy atom. The van der Waals surface area contributed by atoms with Crippen LogP contribution in [-0.2, 0) is 6.54 Å². The number of rotatable bonds is 9. The molecule has 6 nitrogen and oxygen atoms in total. The molecular formula is C21H36IN5O. The average Bonchev–Trinajstić information content (AvgIpc) is 2.72. The third-order valence-electron chi connectivity index (χ3n) is 4.88. The second-order valence-corrected chi connectivity index (χ2v) is 7.06. The summed E-state index contributed by atoms with van der Waals surface area (Å²) in [5.74, 6) is 0.812. The lowest BCUT2D eigenvalue weighted by molar-refractivity contribution is 0.0953. The minimum atomic E-state index is -0.00171. The molecule has 1 aliphatic rings. The van der Waals surface area contributed by atoms with Gasteiger partial charge < -0.3 is 20.9 Å². The summed E-state index contributed by atoms with van der Waals surface area (Å²) in [5.41, 5.74) is 1.83. The average molecular weight is 501 g/mol. The van der Waals surface area contributed by atoms with Crippen molar-refractivity contribution in [3.05, 3.63) is 35.4 Å². The smallest absolute Gasteiger partial charge is 0.251 e. The first-order valence-electron chi connectivity index (χ1n) is 10.3. The molecule has 0 unspecified atom stereocenters. The Kier molecular flexibility index (Phi) is 12.9. The quantitative estimate of drug-likeness (QED) is 0.211. The Balaban J connectivity index is 0.00000392. The minimum Gasteiger partial charge on any atom is -0.355 e. The maximum Gasteiger partial charge on any atom is 0.251 e. The molecular weight excluding hydrogens is 465 g/mol. The van der Waals surface area contributed by atoms with Crippen LogP contribution in [0.5, 0.6) is 0 Å². The number of benzene rings is 1. The van der Waals surface area contributed by atoms with Gasteiger partial charge in [-0.2, -0.15) is 0 Å². The number of carbonyl (C=O) groups is 1. The Morgan fingerprint density at radius 1 is 1.04 bits per heavy atom. The highest BCUT2D eigenvalue weighted by molar-refractivity contribution is 14.0. The summed E-state index contributed by atoms with van der Waals surface area (Å²) in [5, 5.41) is 9.65. The number of guanidine groups is 1. The van der Waals surface area contributed by atoms with Gasteiger partial charge >= 0.3 is 0 Å². The highest BCUT2D eigenvalue weighted by atomic mass is 127. The van der Waals surface area contributed by atoms with Gasteiger partial charge in [0.2, 0.25) is 0 Å². The van der Waals surface area contributed by atoms with Crippen LogP contribution in [0.25, 0.3) is 0 Å². The molecule has 158 valence electrons. The number of hydrogen-bond acceptors (Lipinski definition) is 3. The van der Waals surface area contributed by atoms with E-state index < -0.39 is 0 Å². The van der Waals surface area contributed by atoms with Crippen molar-refractivity contribution in [1.29, 1.82) is 0 Å². The van der Waals surface area contributed by atoms with Crippen LogP contribution in [0.1, 0.15) is 54.9 Å². The van der Waals surface area contributed by atoms with E-state index in [1.807, 2.05) is 24.3 Å². The monoisotopic (exact) mass is 501 g/mol. The fourth-order valence-electron chi connectivity index (χ4n) is 3.18. The van der Waals surface area contributed by atoms with Crippen LogP contribution < -0.4 is 16.0 Å². The van der Waals surface area contributed by atoms with Gasteiger partial charge in [0.25, 0.3) is 5.91 Å². The zero-order valence-electron chi connectivity index (χ0n) is 17.3. The van der Waals surface area contributed by atoms with Gasteiger partial charge in [-0.05, 0) is 50.0 Å². The van der Waals surface area contributed by atoms with Crippen LogP contribution in [0.3, 0.4) is 0 Å². The van der Waals surface area contributed by atoms with E-state index in [1.54, 1.807) is 7.05 Å². The van der Waals surface area contributed by atoms with Crippen molar-refractivity contribution in [3.63, 3.8) is 0 Å². The fraction of sp³-hybridized carbons (Fsp3) is 0.619. The van der Waals surface area contributed by atoms with E-state index in [0.29, 0.717) is 12.1 Å². The Morgan fingerprint density at radius 3 is 2.39 bits per heavy atom. The van der Waals surface area contributed by atoms with Gasteiger partial charge in [0, 0.05) is 38.8 Å². The lowest BCUT2D eigenvalue weighted by atomic mass is 10.1. The van der Waals surface area contributed by atoms with E-state index in [2.05, 4.69) is 32.8 Å². The Bertz CT molecular complexity index is 585. The molecule has 1 aromatic rings. The molecule has 1 amide bonds. The fourth-order valence-corrected chi connectivity index (χ4v) is 3.18. The van der Waals surface area contributed by atoms with Gasteiger partial charge in [-0.25, -0.2) is 0 Å². The summed E-state index contributed by atoms with van der Waals surface area (Å²) in [6, 6.07) is 7.74. The van der Waals surface area contributed by atoms with E-state index in [9.17, 15) is 4.79 Å². The molecule has 28 heavy (non-hydrogen) atoms. The molecule has 0 saturated carbocycles. The van der Waals surface area contributed by atoms with Gasteiger partial charge in [-0.15, -0.1) is 24.0 Å². The summed E-state index contributed by atoms with van der Waals surface area (Å²) in [4.78, 5) is 18.8. The molecule has 1 aliphatic heterocycles. The van der Waals surface area contributed by atoms with Crippen molar-refractivity contribution in [3.8, 4) is 0 Å². The number of carbonyl (C=O) groups excluding carboxylic acids is 1. The zero-order chi connectivity index (χ0) is 19.3. The summed E-state index contributed by atoms with van der Waals surface area (Å²) < 4.78 is 0. The second-order valence-electron chi connectivity index (χ2n) is 7.06. The minimum absolute atomic E-state index is 0. The van der Waals surface area contributed by atoms with Crippen molar-refractivity contribution in [2.75, 3.05) is 39.8 Å². The molecule has 1 aromatic carbocycles. The first-order valence-corrected chi connectivity index (χ1v) is 10.3. The number of aliphatic imine (C=N–C) groups is 1. The van der Waals surface area contributed by atoms with Crippen molar-refractivity contribution < 1.29 is 4.79 Å². The predicted octanol–water partition coefficient (Wildman–Crippen LogP) is 2.99. The maximum atomic E-state index is 12.0. The van der Waals surface area contributed by atoms with Crippen LogP contribution in [0.15, 0.2) is 29.3 Å². The molecule has 0 atom stereocenters. The number of hydrogen-bond donors (Lipinski definition) is 3. The van der Waals surface area contributed by atoms with Crippen molar-refractivity contribution in [2.24, 2.45) is 4.99 Å². The lowest BCUT2D eigenvalue weighted by Gasteiger charge is -2.26. The first kappa shape index (κ1) is 24.7. The Hall–Kier alpha value is -1.35. The van der Waals surface area contributed by atoms with Crippen LogP contribution in [-0.4, -0.2) is 56.5 Å². The second kappa shape index (κ2) is 14.6. The van der Waals surface area contributed by atoms with Crippen molar-refractivity contribution >= 4 is 35.8 Å². The predicted molar refractivity (Wildman–Crippen MR) is 128 cm³/mol. The van der Waals surface area contributed by atoms with Crippen LogP contribution >= 0.6 is 24.0 Å². The molecule has 0 radical (unpaired) electrons. The molecule has 0 spiro atoms. The SMILES string of the molecule is CCCCNC(=O)c1ccc(CNC(=NC)NCCN2CCCCC2)cc1.I. The standard InChI is InChI=1S/C21H35N5O.HI/c1-3-4-12-23-20(27)19-10-8-18(9-11-19)17-25-21(22-2)24-13-16-26-14-6-5-7-15-26;/h8-11H,3-7,12-17H2,1-2H3,(H,23,27)(H2,22,24,25);1H. The van der Waals surface area contributed by atoms with Crippen LogP contribution in [0.2, 0.25) is 0 Å². The molecule has 1 fully saturated rings. The molecule has 7 heteroatoms. The molecule has 0 bridgehead atoms. The normalized spacial score (nSPS) is 14.9. The van der Waals surface area contributed by atoms with Crippen LogP contribution in [0.4, 0.5) is 0 Å². The van der Waals surface area contributed by atoms with E-state index in [-0.39, 0.29) is 29.9 Å². The van der Waals surface area contributed by atoms with E-state index >= 15 is 0 Å². The Labute approximate surface area is 187 Å². The number of nitrogens with zero attached hydrogens (tertiary/aromatic N) is 2. The highest BCUT2D eigenvalue weighted by Gasteiger charge is 2.09. The van der Waals surface area contributed by atoms with E-state index in [1.165, 1.54) is 32.4 Å². The van der Waals surface area contributed by atoms with Crippen molar-refractivity contribution in [2.45, 2.75) is 45.6 Å². The number of piperidine rings is 1.